The smallest absolute Gasteiger partial charge is 0.337 e. The Kier molecular flexibility index (Phi) is 2.98. The minimum atomic E-state index is -1.27. The molecule has 0 saturated carbocycles. The summed E-state index contributed by atoms with van der Waals surface area (Å²) >= 11 is 0. The number of carboxylic acids is 1. The van der Waals surface area contributed by atoms with Crippen molar-refractivity contribution in [3.05, 3.63) is 44.7 Å². The number of hydrogen-bond donors (Lipinski definition) is 2. The molecule has 0 bridgehead atoms. The van der Waals surface area contributed by atoms with Gasteiger partial charge >= 0.3 is 5.97 Å². The summed E-state index contributed by atoms with van der Waals surface area (Å²) in [5, 5.41) is 9.70. The van der Waals surface area contributed by atoms with Gasteiger partial charge in [0.1, 0.15) is 0 Å². The van der Waals surface area contributed by atoms with E-state index in [1.807, 2.05) is 13.0 Å². The predicted molar refractivity (Wildman–Crippen MR) is 71.0 cm³/mol. The average molecular weight is 259 g/mol. The zero-order valence-electron chi connectivity index (χ0n) is 10.8. The maximum Gasteiger partial charge on any atom is 0.337 e. The number of hydrogen-bond acceptors (Lipinski definition) is 3. The van der Waals surface area contributed by atoms with E-state index in [4.69, 9.17) is 0 Å². The number of ketones is 1. The first-order valence-corrected chi connectivity index (χ1v) is 5.74. The number of aryl methyl sites for hydroxylation is 2. The Labute approximate surface area is 108 Å². The zero-order valence-corrected chi connectivity index (χ0v) is 10.8. The molecule has 0 atom stereocenters. The maximum atomic E-state index is 11.9. The highest BCUT2D eigenvalue weighted by Gasteiger charge is 2.22. The molecule has 0 fully saturated rings. The van der Waals surface area contributed by atoms with Crippen molar-refractivity contribution in [2.45, 2.75) is 20.8 Å². The van der Waals surface area contributed by atoms with Crippen molar-refractivity contribution >= 4 is 22.7 Å². The van der Waals surface area contributed by atoms with Crippen molar-refractivity contribution in [1.29, 1.82) is 0 Å². The van der Waals surface area contributed by atoms with E-state index >= 15 is 0 Å². The molecule has 0 aliphatic rings. The molecule has 0 aliphatic heterocycles. The fourth-order valence-corrected chi connectivity index (χ4v) is 2.31. The molecular weight excluding hydrogens is 246 g/mol. The molecule has 0 amide bonds. The second-order valence-corrected chi connectivity index (χ2v) is 4.57. The lowest BCUT2D eigenvalue weighted by molar-refractivity contribution is 0.0694. The molecule has 98 valence electrons. The molecule has 1 heterocycles. The van der Waals surface area contributed by atoms with Gasteiger partial charge in [-0.2, -0.15) is 0 Å². The number of nitrogens with one attached hydrogen (secondary N) is 1. The van der Waals surface area contributed by atoms with Gasteiger partial charge in [-0.3, -0.25) is 9.59 Å². The van der Waals surface area contributed by atoms with Crippen molar-refractivity contribution in [2.75, 3.05) is 0 Å². The number of H-pyrrole nitrogens is 1. The van der Waals surface area contributed by atoms with Gasteiger partial charge in [0.15, 0.2) is 5.78 Å². The van der Waals surface area contributed by atoms with E-state index in [1.54, 1.807) is 13.0 Å². The summed E-state index contributed by atoms with van der Waals surface area (Å²) in [6.07, 6.45) is 0. The summed E-state index contributed by atoms with van der Waals surface area (Å²) in [4.78, 5) is 37.4. The number of aromatic nitrogens is 1. The van der Waals surface area contributed by atoms with Crippen LogP contribution in [0, 0.1) is 13.8 Å². The molecule has 2 N–H and O–H groups in total. The highest BCUT2D eigenvalue weighted by atomic mass is 16.4. The topological polar surface area (TPSA) is 87.2 Å². The molecule has 5 nitrogen and oxygen atoms in total. The van der Waals surface area contributed by atoms with Gasteiger partial charge in [-0.05, 0) is 32.4 Å². The third kappa shape index (κ3) is 2.03. The molecular formula is C14H13NO4. The molecule has 1 aromatic heterocycles. The molecule has 0 saturated heterocycles. The number of Topliss-reactive ketones (excluding diaryl/α,β-unsaturated/α-hetero) is 1. The van der Waals surface area contributed by atoms with Crippen molar-refractivity contribution in [1.82, 2.24) is 4.98 Å². The Morgan fingerprint density at radius 3 is 2.32 bits per heavy atom. The Hall–Kier alpha value is -2.43. The van der Waals surface area contributed by atoms with Crippen LogP contribution in [0.15, 0.2) is 16.9 Å². The van der Waals surface area contributed by atoms with Crippen LogP contribution in [0.2, 0.25) is 0 Å². The van der Waals surface area contributed by atoms with Crippen LogP contribution in [-0.2, 0) is 0 Å². The molecule has 0 aliphatic carbocycles. The van der Waals surface area contributed by atoms with E-state index in [-0.39, 0.29) is 11.1 Å². The Morgan fingerprint density at radius 2 is 1.79 bits per heavy atom. The van der Waals surface area contributed by atoms with Crippen LogP contribution in [0.4, 0.5) is 0 Å². The third-order valence-corrected chi connectivity index (χ3v) is 3.03. The van der Waals surface area contributed by atoms with E-state index in [0.29, 0.717) is 10.9 Å². The third-order valence-electron chi connectivity index (χ3n) is 3.03. The Balaban J connectivity index is 3.12. The van der Waals surface area contributed by atoms with Crippen LogP contribution in [-0.4, -0.2) is 21.8 Å². The van der Waals surface area contributed by atoms with E-state index < -0.39 is 17.3 Å². The summed E-state index contributed by atoms with van der Waals surface area (Å²) in [6.45, 7) is 4.80. The largest absolute Gasteiger partial charge is 0.478 e. The molecule has 19 heavy (non-hydrogen) atoms. The first-order chi connectivity index (χ1) is 8.82. The van der Waals surface area contributed by atoms with Crippen LogP contribution in [0.1, 0.15) is 38.8 Å². The lowest BCUT2D eigenvalue weighted by Crippen LogP contribution is -2.22. The van der Waals surface area contributed by atoms with Crippen molar-refractivity contribution in [2.24, 2.45) is 0 Å². The predicted octanol–water partition coefficient (Wildman–Crippen LogP) is 2.05. The van der Waals surface area contributed by atoms with E-state index in [2.05, 4.69) is 4.98 Å². The fraction of sp³-hybridized carbons (Fsp3) is 0.214. The van der Waals surface area contributed by atoms with E-state index in [0.717, 1.165) is 11.1 Å². The number of carbonyl (C=O) groups excluding carboxylic acids is 1. The SMILES string of the molecule is CC(=O)c1c(C(=O)O)c2cc(C)cc(C)c2[nH]c1=O. The van der Waals surface area contributed by atoms with E-state index in [1.165, 1.54) is 6.92 Å². The lowest BCUT2D eigenvalue weighted by Gasteiger charge is -2.10. The molecule has 5 heteroatoms. The molecule has 1 aromatic carbocycles. The Bertz CT molecular complexity index is 771. The van der Waals surface area contributed by atoms with E-state index in [9.17, 15) is 19.5 Å². The monoisotopic (exact) mass is 259 g/mol. The minimum absolute atomic E-state index is 0.224. The maximum absolute atomic E-state index is 11.9. The summed E-state index contributed by atoms with van der Waals surface area (Å²) in [5.74, 6) is -1.83. The second-order valence-electron chi connectivity index (χ2n) is 4.57. The van der Waals surface area contributed by atoms with Crippen LogP contribution in [0.5, 0.6) is 0 Å². The number of fused-ring (bicyclic) bond motifs is 1. The number of carboxylic acid groups (broad SMARTS) is 1. The second kappa shape index (κ2) is 4.35. The number of benzene rings is 1. The van der Waals surface area contributed by atoms with Gasteiger partial charge in [0.2, 0.25) is 0 Å². The normalized spacial score (nSPS) is 10.7. The van der Waals surface area contributed by atoms with Crippen LogP contribution < -0.4 is 5.56 Å². The van der Waals surface area contributed by atoms with Crippen LogP contribution in [0.3, 0.4) is 0 Å². The summed E-state index contributed by atoms with van der Waals surface area (Å²) in [7, 11) is 0. The first-order valence-electron chi connectivity index (χ1n) is 5.74. The minimum Gasteiger partial charge on any atom is -0.478 e. The van der Waals surface area contributed by atoms with Crippen molar-refractivity contribution in [3.8, 4) is 0 Å². The molecule has 2 rings (SSSR count). The summed E-state index contributed by atoms with van der Waals surface area (Å²) < 4.78 is 0. The van der Waals surface area contributed by atoms with Gasteiger partial charge in [-0.25, -0.2) is 4.79 Å². The van der Waals surface area contributed by atoms with Crippen molar-refractivity contribution in [3.63, 3.8) is 0 Å². The number of aromatic carboxylic acids is 1. The number of carbonyl (C=O) groups is 2. The van der Waals surface area contributed by atoms with Crippen molar-refractivity contribution < 1.29 is 14.7 Å². The van der Waals surface area contributed by atoms with Gasteiger partial charge in [-0.15, -0.1) is 0 Å². The van der Waals surface area contributed by atoms with Gasteiger partial charge < -0.3 is 10.1 Å². The number of rotatable bonds is 2. The summed E-state index contributed by atoms with van der Waals surface area (Å²) in [6, 6.07) is 3.51. The van der Waals surface area contributed by atoms with Crippen LogP contribution in [0.25, 0.3) is 10.9 Å². The van der Waals surface area contributed by atoms with Gasteiger partial charge in [0.25, 0.3) is 5.56 Å². The average Bonchev–Trinajstić information content (AvgIpc) is 2.27. The molecule has 0 unspecified atom stereocenters. The lowest BCUT2D eigenvalue weighted by atomic mass is 9.97. The number of aromatic amines is 1. The number of pyridine rings is 1. The molecule has 2 aromatic rings. The Morgan fingerprint density at radius 1 is 1.16 bits per heavy atom. The van der Waals surface area contributed by atoms with Gasteiger partial charge in [0.05, 0.1) is 16.6 Å². The highest BCUT2D eigenvalue weighted by molar-refractivity contribution is 6.12. The molecule has 0 radical (unpaired) electrons. The first kappa shape index (κ1) is 13.0. The van der Waals surface area contributed by atoms with Gasteiger partial charge in [-0.1, -0.05) is 11.6 Å². The zero-order chi connectivity index (χ0) is 14.3. The highest BCUT2D eigenvalue weighted by Crippen LogP contribution is 2.23. The van der Waals surface area contributed by atoms with Crippen LogP contribution >= 0.6 is 0 Å². The van der Waals surface area contributed by atoms with Gasteiger partial charge in [0, 0.05) is 5.39 Å². The quantitative estimate of drug-likeness (QED) is 0.808. The fourth-order valence-electron chi connectivity index (χ4n) is 2.31. The molecule has 0 spiro atoms. The standard InChI is InChI=1S/C14H13NO4/c1-6-4-7(2)12-9(5-6)11(14(18)19)10(8(3)16)13(17)15-12/h4-5H,1-3H3,(H,15,17)(H,18,19). The summed E-state index contributed by atoms with van der Waals surface area (Å²) in [5.41, 5.74) is 0.907.